The van der Waals surface area contributed by atoms with Crippen molar-refractivity contribution in [2.24, 2.45) is 0 Å². The van der Waals surface area contributed by atoms with Crippen LogP contribution in [-0.4, -0.2) is 54.4 Å². The Kier molecular flexibility index (Phi) is 5.10. The van der Waals surface area contributed by atoms with Crippen molar-refractivity contribution in [3.05, 3.63) is 36.7 Å². The van der Waals surface area contributed by atoms with Gasteiger partial charge in [0.2, 0.25) is 11.1 Å². The number of hydrogen-bond donors (Lipinski definition) is 0. The van der Waals surface area contributed by atoms with Crippen LogP contribution in [0.5, 0.6) is 0 Å². The highest BCUT2D eigenvalue weighted by molar-refractivity contribution is 7.99. The maximum atomic E-state index is 12.5. The fourth-order valence-electron chi connectivity index (χ4n) is 3.07. The number of carbonyl (C=O) groups excluding carboxylic acids is 1. The van der Waals surface area contributed by atoms with E-state index in [1.807, 2.05) is 29.2 Å². The van der Waals surface area contributed by atoms with Crippen LogP contribution < -0.4 is 0 Å². The van der Waals surface area contributed by atoms with Gasteiger partial charge in [-0.15, -0.1) is 10.2 Å². The van der Waals surface area contributed by atoms with Gasteiger partial charge in [0.05, 0.1) is 11.4 Å². The Balaban J connectivity index is 1.50. The SMILES string of the molecule is O=C(CSc1nnc2ccc(-c3ccncc3)nn12)N1CCCCCC1. The number of fused-ring (bicyclic) bond motifs is 1. The summed E-state index contributed by atoms with van der Waals surface area (Å²) in [4.78, 5) is 18.5. The molecule has 0 N–H and O–H groups in total. The van der Waals surface area contributed by atoms with Gasteiger partial charge in [0.15, 0.2) is 5.65 Å². The predicted octanol–water partition coefficient (Wildman–Crippen LogP) is 2.68. The first-order chi connectivity index (χ1) is 12.8. The first-order valence-corrected chi connectivity index (χ1v) is 9.83. The molecular weight excluding hydrogens is 348 g/mol. The topological polar surface area (TPSA) is 76.3 Å². The predicted molar refractivity (Wildman–Crippen MR) is 99.8 cm³/mol. The quantitative estimate of drug-likeness (QED) is 0.659. The molecule has 134 valence electrons. The van der Waals surface area contributed by atoms with Crippen molar-refractivity contribution in [3.8, 4) is 11.3 Å². The minimum Gasteiger partial charge on any atom is -0.342 e. The Labute approximate surface area is 155 Å². The molecule has 8 heteroatoms. The van der Waals surface area contributed by atoms with E-state index in [1.165, 1.54) is 24.6 Å². The number of rotatable bonds is 4. The number of likely N-dealkylation sites (tertiary alicyclic amines) is 1. The number of carbonyl (C=O) groups is 1. The highest BCUT2D eigenvalue weighted by Crippen LogP contribution is 2.21. The van der Waals surface area contributed by atoms with Gasteiger partial charge < -0.3 is 4.90 Å². The Bertz CT molecular complexity index is 889. The summed E-state index contributed by atoms with van der Waals surface area (Å²) in [6, 6.07) is 7.62. The summed E-state index contributed by atoms with van der Waals surface area (Å²) in [6.45, 7) is 1.73. The zero-order valence-electron chi connectivity index (χ0n) is 14.4. The fraction of sp³-hybridized carbons (Fsp3) is 0.389. The molecule has 1 amide bonds. The number of nitrogens with zero attached hydrogens (tertiary/aromatic N) is 6. The average Bonchev–Trinajstić information content (AvgIpc) is 2.90. The average molecular weight is 368 g/mol. The van der Waals surface area contributed by atoms with Gasteiger partial charge >= 0.3 is 0 Å². The van der Waals surface area contributed by atoms with Crippen LogP contribution in [0, 0.1) is 0 Å². The van der Waals surface area contributed by atoms with E-state index < -0.39 is 0 Å². The standard InChI is InChI=1S/C18H20N6OS/c25-17(23-11-3-1-2-4-12-23)13-26-18-21-20-16-6-5-15(22-24(16)18)14-7-9-19-10-8-14/h5-10H,1-4,11-13H2. The maximum Gasteiger partial charge on any atom is 0.233 e. The Morgan fingerprint density at radius 1 is 1.00 bits per heavy atom. The summed E-state index contributed by atoms with van der Waals surface area (Å²) in [5, 5.41) is 13.6. The van der Waals surface area contributed by atoms with Gasteiger partial charge in [0.1, 0.15) is 0 Å². The molecule has 0 aromatic carbocycles. The third-order valence-electron chi connectivity index (χ3n) is 4.49. The molecule has 0 bridgehead atoms. The summed E-state index contributed by atoms with van der Waals surface area (Å²) in [5.41, 5.74) is 2.47. The molecule has 0 spiro atoms. The smallest absolute Gasteiger partial charge is 0.233 e. The van der Waals surface area contributed by atoms with Crippen molar-refractivity contribution in [2.75, 3.05) is 18.8 Å². The summed E-state index contributed by atoms with van der Waals surface area (Å²) in [5.74, 6) is 0.529. The molecule has 4 rings (SSSR count). The van der Waals surface area contributed by atoms with Gasteiger partial charge in [-0.05, 0) is 37.1 Å². The van der Waals surface area contributed by atoms with E-state index in [0.717, 1.165) is 37.2 Å². The van der Waals surface area contributed by atoms with Crippen LogP contribution in [0.4, 0.5) is 0 Å². The molecule has 0 unspecified atom stereocenters. The second-order valence-electron chi connectivity index (χ2n) is 6.29. The molecular formula is C18H20N6OS. The second kappa shape index (κ2) is 7.82. The molecule has 1 aliphatic heterocycles. The lowest BCUT2D eigenvalue weighted by atomic mass is 10.2. The number of thioether (sulfide) groups is 1. The molecule has 3 aromatic rings. The first kappa shape index (κ1) is 17.0. The van der Waals surface area contributed by atoms with E-state index in [9.17, 15) is 4.79 Å². The zero-order valence-corrected chi connectivity index (χ0v) is 15.2. The summed E-state index contributed by atoms with van der Waals surface area (Å²) >= 11 is 1.39. The van der Waals surface area contributed by atoms with Crippen LogP contribution in [0.15, 0.2) is 41.8 Å². The summed E-state index contributed by atoms with van der Waals surface area (Å²) in [7, 11) is 0. The van der Waals surface area contributed by atoms with E-state index in [1.54, 1.807) is 16.9 Å². The van der Waals surface area contributed by atoms with E-state index in [4.69, 9.17) is 0 Å². The van der Waals surface area contributed by atoms with E-state index in [2.05, 4.69) is 20.3 Å². The molecule has 3 aromatic heterocycles. The van der Waals surface area contributed by atoms with Crippen molar-refractivity contribution in [1.82, 2.24) is 29.7 Å². The van der Waals surface area contributed by atoms with Crippen molar-refractivity contribution in [2.45, 2.75) is 30.8 Å². The normalized spacial score (nSPS) is 15.2. The Morgan fingerprint density at radius 2 is 1.77 bits per heavy atom. The third kappa shape index (κ3) is 3.70. The number of pyridine rings is 1. The summed E-state index contributed by atoms with van der Waals surface area (Å²) in [6.07, 6.45) is 8.11. The number of amides is 1. The van der Waals surface area contributed by atoms with Crippen LogP contribution in [-0.2, 0) is 4.79 Å². The highest BCUT2D eigenvalue weighted by Gasteiger charge is 2.17. The molecule has 26 heavy (non-hydrogen) atoms. The third-order valence-corrected chi connectivity index (χ3v) is 5.40. The minimum atomic E-state index is 0.166. The van der Waals surface area contributed by atoms with Gasteiger partial charge in [-0.1, -0.05) is 24.6 Å². The fourth-order valence-corrected chi connectivity index (χ4v) is 3.86. The minimum absolute atomic E-state index is 0.166. The molecule has 7 nitrogen and oxygen atoms in total. The largest absolute Gasteiger partial charge is 0.342 e. The molecule has 0 saturated carbocycles. The molecule has 0 radical (unpaired) electrons. The van der Waals surface area contributed by atoms with Gasteiger partial charge in [0, 0.05) is 31.0 Å². The van der Waals surface area contributed by atoms with Crippen LogP contribution in [0.1, 0.15) is 25.7 Å². The van der Waals surface area contributed by atoms with Gasteiger partial charge in [-0.2, -0.15) is 9.61 Å². The Hall–Kier alpha value is -2.48. The van der Waals surface area contributed by atoms with Crippen molar-refractivity contribution in [3.63, 3.8) is 0 Å². The van der Waals surface area contributed by atoms with Crippen LogP contribution >= 0.6 is 11.8 Å². The Morgan fingerprint density at radius 3 is 2.54 bits per heavy atom. The second-order valence-corrected chi connectivity index (χ2v) is 7.23. The molecule has 1 fully saturated rings. The van der Waals surface area contributed by atoms with Crippen LogP contribution in [0.3, 0.4) is 0 Å². The maximum absolute atomic E-state index is 12.5. The molecule has 4 heterocycles. The zero-order chi connectivity index (χ0) is 17.8. The van der Waals surface area contributed by atoms with Gasteiger partial charge in [-0.25, -0.2) is 0 Å². The number of aromatic nitrogens is 5. The number of hydrogen-bond acceptors (Lipinski definition) is 6. The van der Waals surface area contributed by atoms with E-state index >= 15 is 0 Å². The molecule has 0 atom stereocenters. The van der Waals surface area contributed by atoms with Crippen molar-refractivity contribution in [1.29, 1.82) is 0 Å². The van der Waals surface area contributed by atoms with E-state index in [0.29, 0.717) is 16.6 Å². The monoisotopic (exact) mass is 368 g/mol. The van der Waals surface area contributed by atoms with Gasteiger partial charge in [-0.3, -0.25) is 9.78 Å². The van der Waals surface area contributed by atoms with Crippen LogP contribution in [0.25, 0.3) is 16.9 Å². The first-order valence-electron chi connectivity index (χ1n) is 8.85. The molecule has 1 saturated heterocycles. The van der Waals surface area contributed by atoms with Crippen molar-refractivity contribution < 1.29 is 4.79 Å². The molecule has 0 aliphatic carbocycles. The van der Waals surface area contributed by atoms with Crippen molar-refractivity contribution >= 4 is 23.3 Å². The lowest BCUT2D eigenvalue weighted by Gasteiger charge is -2.19. The summed E-state index contributed by atoms with van der Waals surface area (Å²) < 4.78 is 1.70. The van der Waals surface area contributed by atoms with Crippen LogP contribution in [0.2, 0.25) is 0 Å². The van der Waals surface area contributed by atoms with E-state index in [-0.39, 0.29) is 5.91 Å². The highest BCUT2D eigenvalue weighted by atomic mass is 32.2. The lowest BCUT2D eigenvalue weighted by Crippen LogP contribution is -2.33. The lowest BCUT2D eigenvalue weighted by molar-refractivity contribution is -0.128. The molecule has 1 aliphatic rings. The van der Waals surface area contributed by atoms with Gasteiger partial charge in [0.25, 0.3) is 0 Å².